The minimum absolute atomic E-state index is 0.261. The number of nitrogens with one attached hydrogen (secondary N) is 2. The van der Waals surface area contributed by atoms with Crippen LogP contribution in [-0.2, 0) is 10.2 Å². The lowest BCUT2D eigenvalue weighted by atomic mass is 9.92. The van der Waals surface area contributed by atoms with Gasteiger partial charge in [0.25, 0.3) is 0 Å². The summed E-state index contributed by atoms with van der Waals surface area (Å²) in [5, 5.41) is 20.2. The average molecular weight is 587 g/mol. The molecular formula is C27H29BrF2N6O2. The number of likely N-dealkylation sites (tertiary alicyclic amines) is 1. The number of anilines is 1. The van der Waals surface area contributed by atoms with E-state index in [0.717, 1.165) is 6.07 Å². The second-order valence-corrected chi connectivity index (χ2v) is 10.5. The number of nitrogens with zero attached hydrogens (tertiary/aromatic N) is 4. The van der Waals surface area contributed by atoms with Crippen LogP contribution in [0.4, 0.5) is 19.4 Å². The molecule has 2 amide bonds. The molecule has 4 rings (SSSR count). The lowest BCUT2D eigenvalue weighted by Gasteiger charge is -2.21. The summed E-state index contributed by atoms with van der Waals surface area (Å²) in [6, 6.07) is 14.5. The van der Waals surface area contributed by atoms with Crippen molar-refractivity contribution in [1.29, 1.82) is 5.26 Å². The maximum atomic E-state index is 14.0. The molecule has 2 N–H and O–H groups in total. The number of carbonyl (C=O) groups is 1. The van der Waals surface area contributed by atoms with Crippen LogP contribution in [0.25, 0.3) is 5.69 Å². The van der Waals surface area contributed by atoms with E-state index in [1.54, 1.807) is 31.7 Å². The van der Waals surface area contributed by atoms with Crippen molar-refractivity contribution in [2.24, 2.45) is 0 Å². The number of halogens is 3. The fourth-order valence-electron chi connectivity index (χ4n) is 4.54. The average Bonchev–Trinajstić information content (AvgIpc) is 3.45. The standard InChI is InChI=1S/C27H29BrF2N6O2/c1-27(2,16-31)24-23(28)25(36(34-24)18-7-5-4-6-8-18)33-26(37)32-22-15-35(11-12-38-3)14-19(22)17-9-10-20(29)21(30)13-17/h4-10,13,19,22H,11-12,14-15H2,1-3H3,(H2,32,33,37)/t19-,22+/m0/s1. The number of methoxy groups -OCH3 is 1. The number of rotatable bonds is 8. The normalized spacial score (nSPS) is 17.8. The molecule has 1 saturated heterocycles. The Kier molecular flexibility index (Phi) is 8.45. The quantitative estimate of drug-likeness (QED) is 0.389. The number of carbonyl (C=O) groups excluding carboxylic acids is 1. The first kappa shape index (κ1) is 27.7. The number of nitriles is 1. The maximum absolute atomic E-state index is 14.0. The van der Waals surface area contributed by atoms with Gasteiger partial charge in [0, 0.05) is 32.7 Å². The summed E-state index contributed by atoms with van der Waals surface area (Å²) >= 11 is 3.54. The van der Waals surface area contributed by atoms with Crippen LogP contribution in [0, 0.1) is 23.0 Å². The Bertz CT molecular complexity index is 1340. The first-order valence-corrected chi connectivity index (χ1v) is 12.9. The van der Waals surface area contributed by atoms with Crippen LogP contribution < -0.4 is 10.6 Å². The summed E-state index contributed by atoms with van der Waals surface area (Å²) in [4.78, 5) is 15.4. The molecule has 3 aromatic rings. The van der Waals surface area contributed by atoms with Crippen molar-refractivity contribution in [3.63, 3.8) is 0 Å². The molecule has 2 atom stereocenters. The van der Waals surface area contributed by atoms with Crippen LogP contribution in [0.15, 0.2) is 53.0 Å². The predicted molar refractivity (Wildman–Crippen MR) is 143 cm³/mol. The molecule has 1 aromatic heterocycles. The Morgan fingerprint density at radius 1 is 1.21 bits per heavy atom. The summed E-state index contributed by atoms with van der Waals surface area (Å²) in [7, 11) is 1.61. The molecule has 2 aromatic carbocycles. The van der Waals surface area contributed by atoms with E-state index in [1.165, 1.54) is 6.07 Å². The van der Waals surface area contributed by atoms with E-state index in [1.807, 2.05) is 30.3 Å². The van der Waals surface area contributed by atoms with Gasteiger partial charge in [-0.25, -0.2) is 18.3 Å². The van der Waals surface area contributed by atoms with Crippen molar-refractivity contribution in [3.8, 4) is 11.8 Å². The Balaban J connectivity index is 1.61. The third-order valence-electron chi connectivity index (χ3n) is 6.63. The summed E-state index contributed by atoms with van der Waals surface area (Å²) < 4.78 is 34.9. The fourth-order valence-corrected chi connectivity index (χ4v) is 5.38. The van der Waals surface area contributed by atoms with Gasteiger partial charge in [-0.3, -0.25) is 10.2 Å². The molecule has 0 aliphatic carbocycles. The minimum atomic E-state index is -0.927. The minimum Gasteiger partial charge on any atom is -0.383 e. The van der Waals surface area contributed by atoms with Gasteiger partial charge in [-0.05, 0) is 59.6 Å². The molecule has 0 saturated carbocycles. The molecule has 2 heterocycles. The van der Waals surface area contributed by atoms with Crippen molar-refractivity contribution in [2.45, 2.75) is 31.2 Å². The zero-order valence-electron chi connectivity index (χ0n) is 21.3. The second-order valence-electron chi connectivity index (χ2n) is 9.73. The lowest BCUT2D eigenvalue weighted by Crippen LogP contribution is -2.42. The fraction of sp³-hybridized carbons (Fsp3) is 0.370. The molecule has 0 radical (unpaired) electrons. The molecule has 11 heteroatoms. The van der Waals surface area contributed by atoms with Crippen LogP contribution in [0.3, 0.4) is 0 Å². The number of urea groups is 1. The third kappa shape index (κ3) is 5.88. The first-order chi connectivity index (χ1) is 18.1. The molecule has 1 fully saturated rings. The summed E-state index contributed by atoms with van der Waals surface area (Å²) in [5.41, 5.74) is 0.861. The van der Waals surface area contributed by atoms with Gasteiger partial charge in [0.05, 0.1) is 40.0 Å². The largest absolute Gasteiger partial charge is 0.383 e. The van der Waals surface area contributed by atoms with Crippen LogP contribution >= 0.6 is 15.9 Å². The van der Waals surface area contributed by atoms with Crippen molar-refractivity contribution < 1.29 is 18.3 Å². The van der Waals surface area contributed by atoms with Crippen molar-refractivity contribution in [1.82, 2.24) is 20.0 Å². The zero-order valence-corrected chi connectivity index (χ0v) is 22.9. The van der Waals surface area contributed by atoms with E-state index in [9.17, 15) is 18.8 Å². The number of benzene rings is 2. The lowest BCUT2D eigenvalue weighted by molar-refractivity contribution is 0.159. The van der Waals surface area contributed by atoms with E-state index < -0.39 is 23.1 Å². The van der Waals surface area contributed by atoms with Crippen molar-refractivity contribution in [3.05, 3.63) is 75.9 Å². The number of para-hydroxylation sites is 1. The van der Waals surface area contributed by atoms with Gasteiger partial charge in [0.15, 0.2) is 17.5 Å². The zero-order chi connectivity index (χ0) is 27.4. The molecule has 38 heavy (non-hydrogen) atoms. The summed E-state index contributed by atoms with van der Waals surface area (Å²) in [5.74, 6) is -1.74. The number of amides is 2. The molecule has 0 unspecified atom stereocenters. The van der Waals surface area contributed by atoms with E-state index >= 15 is 0 Å². The number of aromatic nitrogens is 2. The Morgan fingerprint density at radius 3 is 2.61 bits per heavy atom. The van der Waals surface area contributed by atoms with Gasteiger partial charge in [-0.2, -0.15) is 10.4 Å². The molecule has 1 aliphatic rings. The van der Waals surface area contributed by atoms with Gasteiger partial charge in [0.1, 0.15) is 0 Å². The number of hydrogen-bond acceptors (Lipinski definition) is 5. The van der Waals surface area contributed by atoms with Gasteiger partial charge in [-0.1, -0.05) is 24.3 Å². The number of ether oxygens (including phenoxy) is 1. The highest BCUT2D eigenvalue weighted by Gasteiger charge is 2.36. The van der Waals surface area contributed by atoms with E-state index in [4.69, 9.17) is 4.74 Å². The van der Waals surface area contributed by atoms with E-state index in [-0.39, 0.29) is 12.0 Å². The van der Waals surface area contributed by atoms with Crippen LogP contribution in [0.5, 0.6) is 0 Å². The first-order valence-electron chi connectivity index (χ1n) is 12.1. The highest BCUT2D eigenvalue weighted by Crippen LogP contribution is 2.36. The summed E-state index contributed by atoms with van der Waals surface area (Å²) in [6.07, 6.45) is 0. The molecule has 1 aliphatic heterocycles. The van der Waals surface area contributed by atoms with E-state index in [0.29, 0.717) is 53.5 Å². The topological polar surface area (TPSA) is 95.2 Å². The molecule has 8 nitrogen and oxygen atoms in total. The maximum Gasteiger partial charge on any atom is 0.320 e. The smallest absolute Gasteiger partial charge is 0.320 e. The highest BCUT2D eigenvalue weighted by atomic mass is 79.9. The van der Waals surface area contributed by atoms with Gasteiger partial charge >= 0.3 is 6.03 Å². The second kappa shape index (κ2) is 11.6. The predicted octanol–water partition coefficient (Wildman–Crippen LogP) is 4.95. The molecule has 0 spiro atoms. The Hall–Kier alpha value is -3.33. The molecule has 200 valence electrons. The number of hydrogen-bond donors (Lipinski definition) is 2. The van der Waals surface area contributed by atoms with E-state index in [2.05, 4.69) is 42.6 Å². The Morgan fingerprint density at radius 2 is 1.95 bits per heavy atom. The van der Waals surface area contributed by atoms with Crippen molar-refractivity contribution >= 4 is 27.8 Å². The third-order valence-corrected chi connectivity index (χ3v) is 7.38. The molecule has 0 bridgehead atoms. The van der Waals surface area contributed by atoms with Gasteiger partial charge < -0.3 is 10.1 Å². The van der Waals surface area contributed by atoms with Crippen LogP contribution in [0.2, 0.25) is 0 Å². The van der Waals surface area contributed by atoms with Crippen LogP contribution in [0.1, 0.15) is 31.0 Å². The SMILES string of the molecule is COCCN1C[C@@H](NC(=O)Nc2c(Br)c(C(C)(C)C#N)nn2-c2ccccc2)[C@H](c2ccc(F)c(F)c2)C1. The van der Waals surface area contributed by atoms with Gasteiger partial charge in [-0.15, -0.1) is 0 Å². The summed E-state index contributed by atoms with van der Waals surface area (Å²) in [6.45, 7) is 5.69. The monoisotopic (exact) mass is 586 g/mol. The van der Waals surface area contributed by atoms with Crippen LogP contribution in [-0.4, -0.2) is 60.1 Å². The Labute approximate surface area is 228 Å². The van der Waals surface area contributed by atoms with Crippen molar-refractivity contribution in [2.75, 3.05) is 38.7 Å². The molecular weight excluding hydrogens is 558 g/mol. The highest BCUT2D eigenvalue weighted by molar-refractivity contribution is 9.10. The van der Waals surface area contributed by atoms with Gasteiger partial charge in [0.2, 0.25) is 0 Å².